The Morgan fingerprint density at radius 1 is 0.857 bits per heavy atom. The van der Waals surface area contributed by atoms with Crippen LogP contribution in [0.3, 0.4) is 0 Å². The number of hydrogen-bond donors (Lipinski definition) is 2. The van der Waals surface area contributed by atoms with Crippen LogP contribution >= 0.6 is 11.6 Å². The summed E-state index contributed by atoms with van der Waals surface area (Å²) in [5.41, 5.74) is 0.815. The van der Waals surface area contributed by atoms with Gasteiger partial charge in [-0.25, -0.2) is 0 Å². The minimum absolute atomic E-state index is 0.104. The van der Waals surface area contributed by atoms with Crippen LogP contribution in [0.2, 0.25) is 5.02 Å². The molecule has 2 N–H and O–H groups in total. The van der Waals surface area contributed by atoms with Gasteiger partial charge in [-0.2, -0.15) is 9.78 Å². The number of amides is 2. The van der Waals surface area contributed by atoms with Gasteiger partial charge in [0.15, 0.2) is 0 Å². The summed E-state index contributed by atoms with van der Waals surface area (Å²) in [6, 6.07) is 18.0. The van der Waals surface area contributed by atoms with Gasteiger partial charge in [0, 0.05) is 29.7 Å². The highest BCUT2D eigenvalue weighted by atomic mass is 35.5. The second-order valence-corrected chi connectivity index (χ2v) is 6.26. The van der Waals surface area contributed by atoms with Gasteiger partial charge >= 0.3 is 0 Å². The number of benzene rings is 2. The molecule has 0 saturated carbocycles. The molecule has 0 aliphatic heterocycles. The maximum absolute atomic E-state index is 12.3. The van der Waals surface area contributed by atoms with E-state index in [2.05, 4.69) is 15.7 Å². The van der Waals surface area contributed by atoms with Crippen LogP contribution in [-0.4, -0.2) is 34.7 Å². The Labute approximate surface area is 166 Å². The average Bonchev–Trinajstić information content (AvgIpc) is 2.72. The van der Waals surface area contributed by atoms with E-state index in [0.717, 1.165) is 4.68 Å². The van der Waals surface area contributed by atoms with Crippen LogP contribution in [0, 0.1) is 0 Å². The fourth-order valence-electron chi connectivity index (χ4n) is 2.43. The smallest absolute Gasteiger partial charge is 0.271 e. The molecule has 2 amide bonds. The molecule has 3 aromatic rings. The molecule has 0 spiro atoms. The molecule has 28 heavy (non-hydrogen) atoms. The lowest BCUT2D eigenvalue weighted by Crippen LogP contribution is -2.35. The molecule has 1 heterocycles. The van der Waals surface area contributed by atoms with Crippen molar-refractivity contribution in [3.8, 4) is 5.69 Å². The van der Waals surface area contributed by atoms with Crippen molar-refractivity contribution in [2.24, 2.45) is 0 Å². The van der Waals surface area contributed by atoms with Crippen LogP contribution in [0.15, 0.2) is 71.5 Å². The van der Waals surface area contributed by atoms with Crippen LogP contribution in [-0.2, 0) is 0 Å². The summed E-state index contributed by atoms with van der Waals surface area (Å²) < 4.78 is 1.16. The Bertz CT molecular complexity index is 1030. The molecule has 7 nitrogen and oxygen atoms in total. The van der Waals surface area contributed by atoms with E-state index < -0.39 is 5.91 Å². The third-order valence-corrected chi connectivity index (χ3v) is 4.09. The second kappa shape index (κ2) is 8.96. The first-order valence-electron chi connectivity index (χ1n) is 8.52. The van der Waals surface area contributed by atoms with E-state index in [4.69, 9.17) is 11.6 Å². The highest BCUT2D eigenvalue weighted by Crippen LogP contribution is 2.09. The minimum atomic E-state index is -0.439. The van der Waals surface area contributed by atoms with Crippen molar-refractivity contribution in [2.75, 3.05) is 13.1 Å². The number of rotatable bonds is 6. The molecule has 0 radical (unpaired) electrons. The van der Waals surface area contributed by atoms with Crippen molar-refractivity contribution >= 4 is 23.4 Å². The summed E-state index contributed by atoms with van der Waals surface area (Å²) in [6.45, 7) is 0.454. The molecule has 0 aliphatic carbocycles. The number of nitrogens with one attached hydrogen (secondary N) is 2. The zero-order valence-corrected chi connectivity index (χ0v) is 15.5. The van der Waals surface area contributed by atoms with Gasteiger partial charge in [-0.1, -0.05) is 29.8 Å². The first-order valence-corrected chi connectivity index (χ1v) is 8.90. The van der Waals surface area contributed by atoms with E-state index in [-0.39, 0.29) is 30.2 Å². The van der Waals surface area contributed by atoms with Gasteiger partial charge in [0.2, 0.25) is 0 Å². The molecule has 8 heteroatoms. The van der Waals surface area contributed by atoms with Gasteiger partial charge < -0.3 is 10.6 Å². The van der Waals surface area contributed by atoms with E-state index in [1.807, 2.05) is 6.07 Å². The van der Waals surface area contributed by atoms with Gasteiger partial charge in [0.25, 0.3) is 17.4 Å². The molecule has 0 atom stereocenters. The van der Waals surface area contributed by atoms with Gasteiger partial charge in [-0.3, -0.25) is 14.4 Å². The third-order valence-electron chi connectivity index (χ3n) is 3.84. The van der Waals surface area contributed by atoms with Gasteiger partial charge in [0.05, 0.1) is 5.69 Å². The monoisotopic (exact) mass is 396 g/mol. The predicted octanol–water partition coefficient (Wildman–Crippen LogP) is 2.05. The quantitative estimate of drug-likeness (QED) is 0.623. The summed E-state index contributed by atoms with van der Waals surface area (Å²) in [5.74, 6) is -0.702. The lowest BCUT2D eigenvalue weighted by atomic mass is 10.2. The lowest BCUT2D eigenvalue weighted by molar-refractivity contribution is 0.0924. The number of carbonyl (C=O) groups excluding carboxylic acids is 2. The minimum Gasteiger partial charge on any atom is -0.350 e. The van der Waals surface area contributed by atoms with E-state index in [9.17, 15) is 14.4 Å². The lowest BCUT2D eigenvalue weighted by Gasteiger charge is -2.09. The topological polar surface area (TPSA) is 93.1 Å². The number of hydrogen-bond acceptors (Lipinski definition) is 4. The first-order chi connectivity index (χ1) is 13.5. The summed E-state index contributed by atoms with van der Waals surface area (Å²) in [6.07, 6.45) is 0. The van der Waals surface area contributed by atoms with E-state index >= 15 is 0 Å². The highest BCUT2D eigenvalue weighted by molar-refractivity contribution is 6.30. The SMILES string of the molecule is O=C(NCCNC(=O)c1ccc(=O)n(-c2ccccc2)n1)c1ccc(Cl)cc1. The maximum Gasteiger partial charge on any atom is 0.271 e. The zero-order chi connectivity index (χ0) is 19.9. The van der Waals surface area contributed by atoms with E-state index in [1.54, 1.807) is 48.5 Å². The number of para-hydroxylation sites is 1. The Balaban J connectivity index is 1.56. The average molecular weight is 397 g/mol. The molecule has 0 saturated heterocycles. The molecule has 1 aromatic heterocycles. The molecule has 0 aliphatic rings. The summed E-state index contributed by atoms with van der Waals surface area (Å²) >= 11 is 5.79. The molecular formula is C20H17ClN4O3. The molecule has 142 valence electrons. The van der Waals surface area contributed by atoms with Gasteiger partial charge in [-0.05, 0) is 42.5 Å². The third kappa shape index (κ3) is 4.83. The Morgan fingerprint density at radius 2 is 1.50 bits per heavy atom. The van der Waals surface area contributed by atoms with Gasteiger partial charge in [-0.15, -0.1) is 0 Å². The first kappa shape index (κ1) is 19.3. The standard InChI is InChI=1S/C20H17ClN4O3/c21-15-8-6-14(7-9-15)19(27)22-12-13-23-20(28)17-10-11-18(26)25(24-17)16-4-2-1-3-5-16/h1-11H,12-13H2,(H,22,27)(H,23,28). The molecule has 3 rings (SSSR count). The predicted molar refractivity (Wildman–Crippen MR) is 106 cm³/mol. The Hall–Kier alpha value is -3.45. The van der Waals surface area contributed by atoms with E-state index in [1.165, 1.54) is 12.1 Å². The second-order valence-electron chi connectivity index (χ2n) is 5.82. The highest BCUT2D eigenvalue weighted by Gasteiger charge is 2.10. The fraction of sp³-hybridized carbons (Fsp3) is 0.100. The fourth-order valence-corrected chi connectivity index (χ4v) is 2.56. The zero-order valence-electron chi connectivity index (χ0n) is 14.8. The van der Waals surface area contributed by atoms with Crippen LogP contribution in [0.25, 0.3) is 5.69 Å². The normalized spacial score (nSPS) is 10.3. The Kier molecular flexibility index (Phi) is 6.18. The van der Waals surface area contributed by atoms with E-state index in [0.29, 0.717) is 16.3 Å². The van der Waals surface area contributed by atoms with Crippen molar-refractivity contribution in [1.29, 1.82) is 0 Å². The largest absolute Gasteiger partial charge is 0.350 e. The van der Waals surface area contributed by atoms with Crippen LogP contribution in [0.4, 0.5) is 0 Å². The van der Waals surface area contributed by atoms with Crippen molar-refractivity contribution in [2.45, 2.75) is 0 Å². The van der Waals surface area contributed by atoms with Crippen LogP contribution < -0.4 is 16.2 Å². The number of carbonyl (C=O) groups is 2. The summed E-state index contributed by atoms with van der Waals surface area (Å²) in [7, 11) is 0. The molecule has 0 unspecified atom stereocenters. The molecule has 2 aromatic carbocycles. The van der Waals surface area contributed by atoms with Crippen molar-refractivity contribution < 1.29 is 9.59 Å². The number of aromatic nitrogens is 2. The Morgan fingerprint density at radius 3 is 2.18 bits per heavy atom. The molecule has 0 bridgehead atoms. The summed E-state index contributed by atoms with van der Waals surface area (Å²) in [4.78, 5) is 36.3. The van der Waals surface area contributed by atoms with Crippen molar-refractivity contribution in [1.82, 2.24) is 20.4 Å². The number of halogens is 1. The molecule has 0 fully saturated rings. The summed E-state index contributed by atoms with van der Waals surface area (Å²) in [5, 5.41) is 10.0. The van der Waals surface area contributed by atoms with Crippen LogP contribution in [0.1, 0.15) is 20.8 Å². The van der Waals surface area contributed by atoms with Crippen LogP contribution in [0.5, 0.6) is 0 Å². The number of nitrogens with zero attached hydrogens (tertiary/aromatic N) is 2. The van der Waals surface area contributed by atoms with Gasteiger partial charge in [0.1, 0.15) is 5.69 Å². The molecular weight excluding hydrogens is 380 g/mol. The maximum atomic E-state index is 12.3. The van der Waals surface area contributed by atoms with Crippen molar-refractivity contribution in [3.05, 3.63) is 93.4 Å². The van der Waals surface area contributed by atoms with Crippen molar-refractivity contribution in [3.63, 3.8) is 0 Å².